The van der Waals surface area contributed by atoms with E-state index >= 15 is 0 Å². The molecule has 0 unspecified atom stereocenters. The van der Waals surface area contributed by atoms with Crippen molar-refractivity contribution in [3.05, 3.63) is 29.6 Å². The lowest BCUT2D eigenvalue weighted by Gasteiger charge is -2.34. The second-order valence-electron chi connectivity index (χ2n) is 4.34. The van der Waals surface area contributed by atoms with Gasteiger partial charge in [0.1, 0.15) is 11.6 Å². The van der Waals surface area contributed by atoms with Gasteiger partial charge in [-0.1, -0.05) is 6.07 Å². The van der Waals surface area contributed by atoms with Crippen molar-refractivity contribution in [1.29, 1.82) is 0 Å². The topological polar surface area (TPSA) is 44.7 Å². The Bertz CT molecular complexity index is 400. The van der Waals surface area contributed by atoms with Crippen LogP contribution < -0.4 is 10.1 Å². The molecule has 2 N–H and O–H groups in total. The van der Waals surface area contributed by atoms with E-state index < -0.39 is 0 Å². The molecule has 0 aliphatic carbocycles. The highest BCUT2D eigenvalue weighted by molar-refractivity contribution is 5.85. The van der Waals surface area contributed by atoms with Gasteiger partial charge in [0.05, 0.1) is 19.8 Å². The molecule has 0 bridgehead atoms. The first-order valence-electron chi connectivity index (χ1n) is 6.16. The van der Waals surface area contributed by atoms with Crippen LogP contribution in [0.4, 0.5) is 4.39 Å². The summed E-state index contributed by atoms with van der Waals surface area (Å²) in [5, 5.41) is 12.8. The van der Waals surface area contributed by atoms with E-state index in [2.05, 4.69) is 10.2 Å². The number of piperazine rings is 1. The average molecular weight is 291 g/mol. The summed E-state index contributed by atoms with van der Waals surface area (Å²) in [5.41, 5.74) is 0.449. The zero-order valence-electron chi connectivity index (χ0n) is 10.9. The zero-order chi connectivity index (χ0) is 13.0. The van der Waals surface area contributed by atoms with Crippen molar-refractivity contribution >= 4 is 12.4 Å². The number of benzene rings is 1. The molecule has 0 spiro atoms. The summed E-state index contributed by atoms with van der Waals surface area (Å²) in [6, 6.07) is 4.40. The minimum Gasteiger partial charge on any atom is -0.496 e. The number of methoxy groups -OCH3 is 1. The molecule has 0 aromatic heterocycles. The molecule has 4 nitrogen and oxygen atoms in total. The molecule has 1 saturated heterocycles. The van der Waals surface area contributed by atoms with Crippen molar-refractivity contribution in [2.24, 2.45) is 0 Å². The highest BCUT2D eigenvalue weighted by Gasteiger charge is 2.26. The smallest absolute Gasteiger partial charge is 0.131 e. The maximum Gasteiger partial charge on any atom is 0.131 e. The third-order valence-electron chi connectivity index (χ3n) is 3.33. The van der Waals surface area contributed by atoms with Crippen molar-refractivity contribution in [3.63, 3.8) is 0 Å². The van der Waals surface area contributed by atoms with Gasteiger partial charge in [0.25, 0.3) is 0 Å². The fourth-order valence-corrected chi connectivity index (χ4v) is 2.40. The molecule has 1 fully saturated rings. The van der Waals surface area contributed by atoms with Gasteiger partial charge in [-0.25, -0.2) is 4.39 Å². The average Bonchev–Trinajstić information content (AvgIpc) is 2.42. The fraction of sp³-hybridized carbons (Fsp3) is 0.538. The summed E-state index contributed by atoms with van der Waals surface area (Å²) in [6.45, 7) is 3.18. The highest BCUT2D eigenvalue weighted by atomic mass is 35.5. The Morgan fingerprint density at radius 1 is 1.42 bits per heavy atom. The van der Waals surface area contributed by atoms with Gasteiger partial charge in [-0.15, -0.1) is 12.4 Å². The van der Waals surface area contributed by atoms with E-state index in [4.69, 9.17) is 4.74 Å². The second-order valence-corrected chi connectivity index (χ2v) is 4.34. The molecule has 0 amide bonds. The van der Waals surface area contributed by atoms with Gasteiger partial charge in [-0.3, -0.25) is 4.90 Å². The molecule has 1 heterocycles. The number of halogens is 2. The fourth-order valence-electron chi connectivity index (χ4n) is 2.40. The molecule has 6 heteroatoms. The van der Waals surface area contributed by atoms with Crippen LogP contribution in [0, 0.1) is 5.82 Å². The number of aliphatic hydroxyl groups excluding tert-OH is 1. The van der Waals surface area contributed by atoms with E-state index in [1.807, 2.05) is 0 Å². The van der Waals surface area contributed by atoms with Crippen LogP contribution in [0.3, 0.4) is 0 Å². The van der Waals surface area contributed by atoms with Gasteiger partial charge in [0.15, 0.2) is 0 Å². The Morgan fingerprint density at radius 2 is 2.11 bits per heavy atom. The van der Waals surface area contributed by atoms with Crippen LogP contribution in [-0.2, 0) is 0 Å². The number of hydrogen-bond acceptors (Lipinski definition) is 4. The molecule has 1 aliphatic heterocycles. The van der Waals surface area contributed by atoms with Crippen LogP contribution in [0.1, 0.15) is 11.6 Å². The van der Waals surface area contributed by atoms with Gasteiger partial charge >= 0.3 is 0 Å². The molecule has 1 aromatic carbocycles. The minimum absolute atomic E-state index is 0. The van der Waals surface area contributed by atoms with Crippen molar-refractivity contribution in [1.82, 2.24) is 10.2 Å². The maximum atomic E-state index is 14.0. The molecule has 0 saturated carbocycles. The number of aliphatic hydroxyl groups is 1. The van der Waals surface area contributed by atoms with Crippen LogP contribution in [0.25, 0.3) is 0 Å². The predicted octanol–water partition coefficient (Wildman–Crippen LogP) is 1.19. The summed E-state index contributed by atoms with van der Waals surface area (Å²) in [5.74, 6) is 0.166. The van der Waals surface area contributed by atoms with Crippen LogP contribution >= 0.6 is 12.4 Å². The Hall–Kier alpha value is -0.880. The molecule has 108 valence electrons. The number of nitrogens with zero attached hydrogens (tertiary/aromatic N) is 1. The first-order valence-corrected chi connectivity index (χ1v) is 6.16. The SMILES string of the molecule is COc1cccc(F)c1[C@H](CO)N1CCNCC1.Cl. The van der Waals surface area contributed by atoms with E-state index in [-0.39, 0.29) is 30.9 Å². The van der Waals surface area contributed by atoms with Crippen LogP contribution in [0.15, 0.2) is 18.2 Å². The van der Waals surface area contributed by atoms with Gasteiger partial charge in [0.2, 0.25) is 0 Å². The monoisotopic (exact) mass is 290 g/mol. The number of rotatable bonds is 4. The molecule has 19 heavy (non-hydrogen) atoms. The summed E-state index contributed by atoms with van der Waals surface area (Å²) in [4.78, 5) is 2.08. The molecule has 1 aliphatic rings. The first kappa shape index (κ1) is 16.2. The van der Waals surface area contributed by atoms with Crippen LogP contribution in [0.5, 0.6) is 5.75 Å². The minimum atomic E-state index is -0.344. The lowest BCUT2D eigenvalue weighted by Crippen LogP contribution is -2.46. The standard InChI is InChI=1S/C13H19FN2O2.ClH/c1-18-12-4-2-3-10(14)13(12)11(9-17)16-7-5-15-6-8-16;/h2-4,11,15,17H,5-9H2,1H3;1H/t11-;/m0./s1. The summed E-state index contributed by atoms with van der Waals surface area (Å²) < 4.78 is 19.2. The summed E-state index contributed by atoms with van der Waals surface area (Å²) in [7, 11) is 1.52. The van der Waals surface area contributed by atoms with Crippen LogP contribution in [0.2, 0.25) is 0 Å². The quantitative estimate of drug-likeness (QED) is 0.874. The summed E-state index contributed by atoms with van der Waals surface area (Å²) in [6.07, 6.45) is 0. The molecular formula is C13H20ClFN2O2. The third-order valence-corrected chi connectivity index (χ3v) is 3.33. The van der Waals surface area contributed by atoms with E-state index in [1.165, 1.54) is 13.2 Å². The molecular weight excluding hydrogens is 271 g/mol. The Morgan fingerprint density at radius 3 is 2.68 bits per heavy atom. The van der Waals surface area contributed by atoms with E-state index in [0.29, 0.717) is 11.3 Å². The van der Waals surface area contributed by atoms with Crippen LogP contribution in [-0.4, -0.2) is 49.9 Å². The zero-order valence-corrected chi connectivity index (χ0v) is 11.8. The third kappa shape index (κ3) is 3.57. The Labute approximate surface area is 119 Å². The number of nitrogens with one attached hydrogen (secondary N) is 1. The van der Waals surface area contributed by atoms with Crippen molar-refractivity contribution in [2.45, 2.75) is 6.04 Å². The van der Waals surface area contributed by atoms with E-state index in [1.54, 1.807) is 12.1 Å². The van der Waals surface area contributed by atoms with Gasteiger partial charge in [-0.2, -0.15) is 0 Å². The highest BCUT2D eigenvalue weighted by Crippen LogP contribution is 2.31. The maximum absolute atomic E-state index is 14.0. The molecule has 0 radical (unpaired) electrons. The summed E-state index contributed by atoms with van der Waals surface area (Å²) >= 11 is 0. The lowest BCUT2D eigenvalue weighted by atomic mass is 10.0. The number of ether oxygens (including phenoxy) is 1. The predicted molar refractivity (Wildman–Crippen MR) is 74.5 cm³/mol. The lowest BCUT2D eigenvalue weighted by molar-refractivity contribution is 0.106. The van der Waals surface area contributed by atoms with Gasteiger partial charge in [0, 0.05) is 31.7 Å². The number of hydrogen-bond donors (Lipinski definition) is 2. The normalized spacial score (nSPS) is 17.6. The van der Waals surface area contributed by atoms with Gasteiger partial charge in [-0.05, 0) is 12.1 Å². The Balaban J connectivity index is 0.00000180. The first-order chi connectivity index (χ1) is 8.77. The van der Waals surface area contributed by atoms with E-state index in [0.717, 1.165) is 26.2 Å². The largest absolute Gasteiger partial charge is 0.496 e. The van der Waals surface area contributed by atoms with E-state index in [9.17, 15) is 9.50 Å². The molecule has 1 aromatic rings. The van der Waals surface area contributed by atoms with Crippen molar-refractivity contribution in [2.75, 3.05) is 39.9 Å². The van der Waals surface area contributed by atoms with Gasteiger partial charge < -0.3 is 15.2 Å². The van der Waals surface area contributed by atoms with Crippen molar-refractivity contribution < 1.29 is 14.2 Å². The molecule has 2 rings (SSSR count). The Kier molecular flexibility index (Phi) is 6.51. The second kappa shape index (κ2) is 7.65. The molecule has 1 atom stereocenters. The van der Waals surface area contributed by atoms with Crippen molar-refractivity contribution in [3.8, 4) is 5.75 Å².